The van der Waals surface area contributed by atoms with Gasteiger partial charge in [-0.05, 0) is 85.0 Å². The number of aryl methyl sites for hydroxylation is 2. The summed E-state index contributed by atoms with van der Waals surface area (Å²) in [5, 5.41) is 17.6. The Labute approximate surface area is 261 Å². The van der Waals surface area contributed by atoms with Crippen molar-refractivity contribution in [3.63, 3.8) is 0 Å². The van der Waals surface area contributed by atoms with Crippen molar-refractivity contribution in [2.24, 2.45) is 10.9 Å². The molecule has 13 nitrogen and oxygen atoms in total. The van der Waals surface area contributed by atoms with Crippen molar-refractivity contribution in [3.8, 4) is 0 Å². The van der Waals surface area contributed by atoms with Gasteiger partial charge in [-0.15, -0.1) is 11.3 Å². The number of carboxylic acids is 1. The molecule has 4 N–H and O–H groups in total. The molecule has 2 heterocycles. The van der Waals surface area contributed by atoms with E-state index in [2.05, 4.69) is 30.8 Å². The number of aliphatic carboxylic acids is 1. The number of hydrogen-bond donors (Lipinski definition) is 4. The summed E-state index contributed by atoms with van der Waals surface area (Å²) in [4.78, 5) is 59.9. The topological polar surface area (TPSA) is 172 Å². The summed E-state index contributed by atoms with van der Waals surface area (Å²) in [6, 6.07) is 7.28. The lowest BCUT2D eigenvalue weighted by Crippen LogP contribution is -2.47. The van der Waals surface area contributed by atoms with E-state index in [1.165, 1.54) is 18.3 Å². The van der Waals surface area contributed by atoms with Gasteiger partial charge in [0, 0.05) is 24.9 Å². The lowest BCUT2D eigenvalue weighted by atomic mass is 10.1. The third-order valence-corrected chi connectivity index (χ3v) is 7.11. The summed E-state index contributed by atoms with van der Waals surface area (Å²) in [5.41, 5.74) is 0.819. The van der Waals surface area contributed by atoms with Crippen LogP contribution in [0.2, 0.25) is 0 Å². The van der Waals surface area contributed by atoms with Crippen LogP contribution in [0.3, 0.4) is 0 Å². The number of anilines is 1. The molecule has 1 aromatic heterocycles. The first kappa shape index (κ1) is 34.5. The molecule has 14 heteroatoms. The van der Waals surface area contributed by atoms with E-state index in [1.807, 2.05) is 12.1 Å². The van der Waals surface area contributed by atoms with Crippen molar-refractivity contribution in [3.05, 3.63) is 40.4 Å². The van der Waals surface area contributed by atoms with Crippen LogP contribution in [0, 0.1) is 5.92 Å². The Hall–Kier alpha value is -4.04. The van der Waals surface area contributed by atoms with Crippen LogP contribution in [0.25, 0.3) is 0 Å². The Morgan fingerprint density at radius 1 is 1.00 bits per heavy atom. The maximum atomic E-state index is 12.4. The predicted molar refractivity (Wildman–Crippen MR) is 167 cm³/mol. The number of ether oxygens (including phenoxy) is 2. The fourth-order valence-corrected chi connectivity index (χ4v) is 5.40. The van der Waals surface area contributed by atoms with Crippen LogP contribution in [0.4, 0.5) is 20.4 Å². The number of aliphatic imine (C=N–C) groups is 1. The van der Waals surface area contributed by atoms with Gasteiger partial charge < -0.3 is 19.9 Å². The first-order valence-corrected chi connectivity index (χ1v) is 15.2. The van der Waals surface area contributed by atoms with E-state index in [9.17, 15) is 24.3 Å². The standard InChI is InChI=1S/C30H42N6O7S/c1-18(37)31-26-33-22(23(44-26)17-36-15-14-20(16-36)24(38)39)13-10-19-8-11-21(12-9-19)32-25(34-27(40)42-29(2,3)4)35-28(41)43-30(5,6)7/h8-9,11-12,20H,10,13-17H2,1-7H3,(H,38,39)(H,31,33,37)(H2,32,34,35,40,41)/t20-/m1/s1. The summed E-state index contributed by atoms with van der Waals surface area (Å²) in [7, 11) is 0. The van der Waals surface area contributed by atoms with Gasteiger partial charge in [0.1, 0.15) is 11.2 Å². The van der Waals surface area contributed by atoms with E-state index in [4.69, 9.17) is 9.47 Å². The van der Waals surface area contributed by atoms with Gasteiger partial charge in [0.2, 0.25) is 11.9 Å². The Morgan fingerprint density at radius 3 is 2.09 bits per heavy atom. The number of benzene rings is 1. The van der Waals surface area contributed by atoms with E-state index in [-0.39, 0.29) is 17.8 Å². The number of amides is 3. The molecule has 0 bridgehead atoms. The quantitative estimate of drug-likeness (QED) is 0.235. The lowest BCUT2D eigenvalue weighted by molar-refractivity contribution is -0.141. The highest BCUT2D eigenvalue weighted by molar-refractivity contribution is 7.15. The van der Waals surface area contributed by atoms with Crippen molar-refractivity contribution in [1.29, 1.82) is 0 Å². The second-order valence-corrected chi connectivity index (χ2v) is 13.6. The number of aromatic nitrogens is 1. The largest absolute Gasteiger partial charge is 0.481 e. The zero-order valence-corrected chi connectivity index (χ0v) is 27.1. The van der Waals surface area contributed by atoms with Gasteiger partial charge in [0.25, 0.3) is 0 Å². The van der Waals surface area contributed by atoms with Gasteiger partial charge in [0.15, 0.2) is 5.13 Å². The molecule has 0 unspecified atom stereocenters. The molecule has 0 saturated carbocycles. The van der Waals surface area contributed by atoms with E-state index in [0.29, 0.717) is 49.7 Å². The Balaban J connectivity index is 1.72. The zero-order valence-electron chi connectivity index (χ0n) is 26.3. The van der Waals surface area contributed by atoms with Crippen LogP contribution in [0.5, 0.6) is 0 Å². The normalized spacial score (nSPS) is 15.3. The first-order chi connectivity index (χ1) is 20.5. The zero-order chi connectivity index (χ0) is 32.7. The molecule has 0 spiro atoms. The predicted octanol–water partition coefficient (Wildman–Crippen LogP) is 4.83. The number of guanidine groups is 1. The summed E-state index contributed by atoms with van der Waals surface area (Å²) in [6.07, 6.45) is 0.301. The number of thiazole rings is 1. The number of hydrogen-bond acceptors (Lipinski definition) is 10. The van der Waals surface area contributed by atoms with Crippen LogP contribution in [-0.4, -0.2) is 69.3 Å². The minimum Gasteiger partial charge on any atom is -0.481 e. The van der Waals surface area contributed by atoms with Gasteiger partial charge in [-0.1, -0.05) is 12.1 Å². The molecule has 1 aliphatic rings. The van der Waals surface area contributed by atoms with Gasteiger partial charge in [0.05, 0.1) is 17.3 Å². The molecule has 1 atom stereocenters. The second kappa shape index (κ2) is 14.6. The van der Waals surface area contributed by atoms with Crippen LogP contribution >= 0.6 is 11.3 Å². The summed E-state index contributed by atoms with van der Waals surface area (Å²) in [5.74, 6) is -1.51. The van der Waals surface area contributed by atoms with Crippen molar-refractivity contribution in [1.82, 2.24) is 20.5 Å². The second-order valence-electron chi connectivity index (χ2n) is 12.5. The average molecular weight is 631 g/mol. The van der Waals surface area contributed by atoms with E-state index in [0.717, 1.165) is 16.1 Å². The number of carbonyl (C=O) groups excluding carboxylic acids is 3. The molecule has 0 aliphatic carbocycles. The Morgan fingerprint density at radius 2 is 1.59 bits per heavy atom. The molecule has 1 aromatic carbocycles. The van der Waals surface area contributed by atoms with E-state index in [1.54, 1.807) is 53.7 Å². The van der Waals surface area contributed by atoms with E-state index >= 15 is 0 Å². The molecule has 240 valence electrons. The summed E-state index contributed by atoms with van der Waals surface area (Å²) < 4.78 is 10.6. The first-order valence-electron chi connectivity index (χ1n) is 14.3. The van der Waals surface area contributed by atoms with Crippen molar-refractivity contribution < 1.29 is 33.8 Å². The summed E-state index contributed by atoms with van der Waals surface area (Å²) in [6.45, 7) is 13.5. The highest BCUT2D eigenvalue weighted by Gasteiger charge is 2.29. The number of nitrogens with zero attached hydrogens (tertiary/aromatic N) is 3. The molecule has 1 fully saturated rings. The van der Waals surface area contributed by atoms with Crippen LogP contribution in [-0.2, 0) is 38.4 Å². The molecule has 3 rings (SSSR count). The molecule has 1 saturated heterocycles. The number of carbonyl (C=O) groups is 4. The molecular weight excluding hydrogens is 588 g/mol. The van der Waals surface area contributed by atoms with Crippen LogP contribution in [0.15, 0.2) is 29.3 Å². The molecule has 2 aromatic rings. The van der Waals surface area contributed by atoms with Crippen LogP contribution < -0.4 is 16.0 Å². The molecular formula is C30H42N6O7S. The molecule has 3 amide bonds. The Bertz CT molecular complexity index is 1340. The number of rotatable bonds is 8. The number of carboxylic acid groups (broad SMARTS) is 1. The third-order valence-electron chi connectivity index (χ3n) is 6.12. The fraction of sp³-hybridized carbons (Fsp3) is 0.533. The minimum absolute atomic E-state index is 0.147. The van der Waals surface area contributed by atoms with Crippen molar-refractivity contribution >= 4 is 52.2 Å². The van der Waals surface area contributed by atoms with Gasteiger partial charge in [-0.3, -0.25) is 25.1 Å². The maximum Gasteiger partial charge on any atom is 0.414 e. The molecule has 0 radical (unpaired) electrons. The highest BCUT2D eigenvalue weighted by atomic mass is 32.1. The SMILES string of the molecule is CC(=O)Nc1nc(CCc2ccc(N=C(NC(=O)OC(C)(C)C)NC(=O)OC(C)(C)C)cc2)c(CN2CC[C@@H](C(=O)O)C2)s1. The Kier molecular flexibility index (Phi) is 11.4. The van der Waals surface area contributed by atoms with Gasteiger partial charge >= 0.3 is 18.2 Å². The van der Waals surface area contributed by atoms with Crippen molar-refractivity contribution in [2.45, 2.75) is 85.5 Å². The highest BCUT2D eigenvalue weighted by Crippen LogP contribution is 2.28. The number of likely N-dealkylation sites (tertiary alicyclic amines) is 1. The van der Waals surface area contributed by atoms with Gasteiger partial charge in [-0.25, -0.2) is 19.6 Å². The fourth-order valence-electron chi connectivity index (χ4n) is 4.30. The minimum atomic E-state index is -0.783. The summed E-state index contributed by atoms with van der Waals surface area (Å²) >= 11 is 1.41. The van der Waals surface area contributed by atoms with Gasteiger partial charge in [-0.2, -0.15) is 0 Å². The smallest absolute Gasteiger partial charge is 0.414 e. The average Bonchev–Trinajstić information content (AvgIpc) is 3.48. The third kappa shape index (κ3) is 11.9. The number of alkyl carbamates (subject to hydrolysis) is 2. The van der Waals surface area contributed by atoms with E-state index < -0.39 is 29.4 Å². The van der Waals surface area contributed by atoms with Crippen molar-refractivity contribution in [2.75, 3.05) is 18.4 Å². The molecule has 44 heavy (non-hydrogen) atoms. The van der Waals surface area contributed by atoms with Crippen LogP contribution in [0.1, 0.15) is 71.0 Å². The molecule has 1 aliphatic heterocycles. The number of nitrogens with one attached hydrogen (secondary N) is 3. The monoisotopic (exact) mass is 630 g/mol. The lowest BCUT2D eigenvalue weighted by Gasteiger charge is -2.22. The maximum absolute atomic E-state index is 12.4.